The lowest BCUT2D eigenvalue weighted by Gasteiger charge is -2.29. The average molecular weight is 502 g/mol. The van der Waals surface area contributed by atoms with Crippen LogP contribution in [0.5, 0.6) is 11.6 Å². The van der Waals surface area contributed by atoms with Crippen molar-refractivity contribution in [2.24, 2.45) is 7.05 Å². The van der Waals surface area contributed by atoms with Crippen LogP contribution in [0, 0.1) is 0 Å². The number of morpholine rings is 1. The molecule has 9 nitrogen and oxygen atoms in total. The molecule has 0 atom stereocenters. The molecule has 0 aliphatic carbocycles. The third-order valence-electron chi connectivity index (χ3n) is 5.11. The first-order valence-electron chi connectivity index (χ1n) is 9.84. The van der Waals surface area contributed by atoms with E-state index in [1.807, 2.05) is 0 Å². The van der Waals surface area contributed by atoms with E-state index in [4.69, 9.17) is 30.8 Å². The Morgan fingerprint density at radius 2 is 2.03 bits per heavy atom. The quantitative estimate of drug-likeness (QED) is 0.491. The van der Waals surface area contributed by atoms with Crippen LogP contribution in [0.15, 0.2) is 18.3 Å². The highest BCUT2D eigenvalue weighted by atomic mass is 35.5. The van der Waals surface area contributed by atoms with Crippen molar-refractivity contribution >= 4 is 56.6 Å². The van der Waals surface area contributed by atoms with Gasteiger partial charge in [0.15, 0.2) is 5.13 Å². The second-order valence-electron chi connectivity index (χ2n) is 7.06. The van der Waals surface area contributed by atoms with E-state index in [-0.39, 0.29) is 24.2 Å². The third kappa shape index (κ3) is 4.94. The van der Waals surface area contributed by atoms with Gasteiger partial charge in [-0.05, 0) is 12.1 Å². The lowest BCUT2D eigenvalue weighted by molar-refractivity contribution is 0.0391. The summed E-state index contributed by atoms with van der Waals surface area (Å²) < 4.78 is 18.5. The van der Waals surface area contributed by atoms with Crippen LogP contribution in [0.4, 0.5) is 5.13 Å². The monoisotopic (exact) mass is 501 g/mol. The molecule has 1 amide bonds. The topological polar surface area (TPSA) is 82.0 Å². The highest BCUT2D eigenvalue weighted by Crippen LogP contribution is 2.39. The van der Waals surface area contributed by atoms with Gasteiger partial charge in [0.1, 0.15) is 16.8 Å². The molecule has 12 heteroatoms. The molecule has 32 heavy (non-hydrogen) atoms. The molecule has 3 heterocycles. The number of methoxy groups -OCH3 is 2. The van der Waals surface area contributed by atoms with Crippen molar-refractivity contribution in [3.8, 4) is 11.6 Å². The van der Waals surface area contributed by atoms with Crippen molar-refractivity contribution in [3.05, 3.63) is 28.9 Å². The molecule has 4 rings (SSSR count). The first kappa shape index (κ1) is 24.5. The van der Waals surface area contributed by atoms with Gasteiger partial charge in [0.2, 0.25) is 5.88 Å². The highest BCUT2D eigenvalue weighted by molar-refractivity contribution is 7.23. The Hall–Kier alpha value is -2.11. The number of amides is 1. The summed E-state index contributed by atoms with van der Waals surface area (Å²) in [5.74, 6) is 0.661. The van der Waals surface area contributed by atoms with Crippen molar-refractivity contribution in [1.29, 1.82) is 0 Å². The summed E-state index contributed by atoms with van der Waals surface area (Å²) in [6, 6.07) is 3.55. The molecule has 1 fully saturated rings. The van der Waals surface area contributed by atoms with Crippen LogP contribution in [-0.4, -0.2) is 79.2 Å². The summed E-state index contributed by atoms with van der Waals surface area (Å²) >= 11 is 7.77. The van der Waals surface area contributed by atoms with E-state index in [0.29, 0.717) is 53.3 Å². The molecule has 0 spiro atoms. The highest BCUT2D eigenvalue weighted by Gasteiger charge is 2.28. The number of anilines is 1. The minimum atomic E-state index is -0.229. The average Bonchev–Trinajstić information content (AvgIpc) is 3.39. The van der Waals surface area contributed by atoms with E-state index in [1.54, 1.807) is 42.1 Å². The summed E-state index contributed by atoms with van der Waals surface area (Å²) in [4.78, 5) is 22.2. The summed E-state index contributed by atoms with van der Waals surface area (Å²) in [6.07, 6.45) is 1.66. The normalized spacial score (nSPS) is 14.2. The molecule has 1 aromatic carbocycles. The van der Waals surface area contributed by atoms with E-state index in [2.05, 4.69) is 10.00 Å². The summed E-state index contributed by atoms with van der Waals surface area (Å²) in [5.41, 5.74) is 1.02. The first-order valence-corrected chi connectivity index (χ1v) is 11.0. The predicted octanol–water partition coefficient (Wildman–Crippen LogP) is 3.10. The summed E-state index contributed by atoms with van der Waals surface area (Å²) in [5, 5.41) is 5.34. The minimum Gasteiger partial charge on any atom is -0.494 e. The van der Waals surface area contributed by atoms with Gasteiger partial charge in [-0.15, -0.1) is 17.5 Å². The van der Waals surface area contributed by atoms with Crippen LogP contribution in [0.25, 0.3) is 10.2 Å². The van der Waals surface area contributed by atoms with E-state index in [0.717, 1.165) is 17.8 Å². The molecule has 0 unspecified atom stereocenters. The Kier molecular flexibility index (Phi) is 8.18. The molecule has 2 aromatic heterocycles. The van der Waals surface area contributed by atoms with E-state index < -0.39 is 0 Å². The smallest absolute Gasteiger partial charge is 0.267 e. The van der Waals surface area contributed by atoms with Crippen LogP contribution in [0.2, 0.25) is 5.02 Å². The Labute approximate surface area is 201 Å². The van der Waals surface area contributed by atoms with E-state index >= 15 is 0 Å². The number of hydrogen-bond acceptors (Lipinski definition) is 8. The standard InChI is InChI=1S/C20H24ClN5O4S.ClH/c1-24-12-13(18(23-24)29-3)19(27)26(7-6-25-8-10-30-11-9-25)20-22-16-15(28-2)5-4-14(21)17(16)31-20;/h4-5,12H,6-11H2,1-3H3;1H. The molecule has 3 aromatic rings. The lowest BCUT2D eigenvalue weighted by atomic mass is 10.3. The Bertz CT molecular complexity index is 1080. The molecule has 1 aliphatic heterocycles. The molecule has 1 saturated heterocycles. The predicted molar refractivity (Wildman–Crippen MR) is 127 cm³/mol. The molecule has 0 radical (unpaired) electrons. The lowest BCUT2D eigenvalue weighted by Crippen LogP contribution is -2.43. The van der Waals surface area contributed by atoms with Crippen molar-refractivity contribution in [2.75, 3.05) is 58.5 Å². The molecule has 0 saturated carbocycles. The Balaban J connectivity index is 0.00000289. The zero-order chi connectivity index (χ0) is 22.0. The Morgan fingerprint density at radius 1 is 1.28 bits per heavy atom. The maximum atomic E-state index is 13.6. The first-order chi connectivity index (χ1) is 15.0. The number of thiazole rings is 1. The second-order valence-corrected chi connectivity index (χ2v) is 8.45. The van der Waals surface area contributed by atoms with E-state index in [9.17, 15) is 4.79 Å². The van der Waals surface area contributed by atoms with Crippen molar-refractivity contribution < 1.29 is 19.0 Å². The number of aryl methyl sites for hydroxylation is 1. The van der Waals surface area contributed by atoms with Gasteiger partial charge >= 0.3 is 0 Å². The fourth-order valence-electron chi connectivity index (χ4n) is 3.48. The van der Waals surface area contributed by atoms with Crippen molar-refractivity contribution in [1.82, 2.24) is 19.7 Å². The number of carbonyl (C=O) groups excluding carboxylic acids is 1. The Morgan fingerprint density at radius 3 is 2.72 bits per heavy atom. The van der Waals surface area contributed by atoms with Crippen LogP contribution < -0.4 is 14.4 Å². The van der Waals surface area contributed by atoms with Gasteiger partial charge in [-0.1, -0.05) is 22.9 Å². The van der Waals surface area contributed by atoms with Gasteiger partial charge < -0.3 is 14.2 Å². The number of aromatic nitrogens is 3. The number of fused-ring (bicyclic) bond motifs is 1. The van der Waals surface area contributed by atoms with Crippen LogP contribution in [0.3, 0.4) is 0 Å². The summed E-state index contributed by atoms with van der Waals surface area (Å²) in [7, 11) is 4.84. The number of halogens is 2. The number of carbonyl (C=O) groups is 1. The zero-order valence-corrected chi connectivity index (χ0v) is 20.4. The van der Waals surface area contributed by atoms with E-state index in [1.165, 1.54) is 18.4 Å². The van der Waals surface area contributed by atoms with Gasteiger partial charge in [0.25, 0.3) is 5.91 Å². The van der Waals surface area contributed by atoms with Crippen LogP contribution in [-0.2, 0) is 11.8 Å². The zero-order valence-electron chi connectivity index (χ0n) is 18.0. The number of hydrogen-bond donors (Lipinski definition) is 0. The largest absolute Gasteiger partial charge is 0.494 e. The van der Waals surface area contributed by atoms with Gasteiger partial charge in [-0.2, -0.15) is 0 Å². The SMILES string of the molecule is COc1nn(C)cc1C(=O)N(CCN1CCOCC1)c1nc2c(OC)ccc(Cl)c2s1.Cl. The van der Waals surface area contributed by atoms with Crippen LogP contribution in [0.1, 0.15) is 10.4 Å². The number of ether oxygens (including phenoxy) is 3. The van der Waals surface area contributed by atoms with Crippen molar-refractivity contribution in [3.63, 3.8) is 0 Å². The molecule has 0 bridgehead atoms. The fourth-order valence-corrected chi connectivity index (χ4v) is 4.76. The maximum Gasteiger partial charge on any atom is 0.267 e. The van der Waals surface area contributed by atoms with Gasteiger partial charge in [-0.25, -0.2) is 4.98 Å². The maximum absolute atomic E-state index is 13.6. The molecule has 0 N–H and O–H groups in total. The van der Waals surface area contributed by atoms with Crippen molar-refractivity contribution in [2.45, 2.75) is 0 Å². The van der Waals surface area contributed by atoms with Gasteiger partial charge in [0, 0.05) is 39.4 Å². The molecule has 1 aliphatic rings. The number of nitrogens with zero attached hydrogens (tertiary/aromatic N) is 5. The molecular formula is C20H25Cl2N5O4S. The third-order valence-corrected chi connectivity index (χ3v) is 6.64. The second kappa shape index (κ2) is 10.7. The molecular weight excluding hydrogens is 477 g/mol. The number of rotatable bonds is 7. The minimum absolute atomic E-state index is 0. The van der Waals surface area contributed by atoms with Crippen LogP contribution >= 0.6 is 35.3 Å². The number of benzene rings is 1. The molecule has 174 valence electrons. The van der Waals surface area contributed by atoms with Gasteiger partial charge in [0.05, 0.1) is 37.2 Å². The fraction of sp³-hybridized carbons (Fsp3) is 0.450. The van der Waals surface area contributed by atoms with Gasteiger partial charge in [-0.3, -0.25) is 19.3 Å². The summed E-state index contributed by atoms with van der Waals surface area (Å²) in [6.45, 7) is 4.20.